The molecule has 2 aromatic rings. The number of nitrogens with zero attached hydrogens (tertiary/aromatic N) is 1. The first-order chi connectivity index (χ1) is 12.7. The third kappa shape index (κ3) is 4.37. The van der Waals surface area contributed by atoms with Gasteiger partial charge in [-0.15, -0.1) is 0 Å². The molecular weight excluding hydrogens is 391 g/mol. The summed E-state index contributed by atoms with van der Waals surface area (Å²) in [5.74, 6) is -0.785. The van der Waals surface area contributed by atoms with Crippen molar-refractivity contribution in [1.29, 1.82) is 0 Å². The number of nitrogens with one attached hydrogen (secondary N) is 1. The summed E-state index contributed by atoms with van der Waals surface area (Å²) in [6, 6.07) is 11.6. The number of piperidine rings is 1. The molecule has 0 unspecified atom stereocenters. The molecule has 0 bridgehead atoms. The molecule has 27 heavy (non-hydrogen) atoms. The third-order valence-electron chi connectivity index (χ3n) is 4.53. The summed E-state index contributed by atoms with van der Waals surface area (Å²) in [5, 5.41) is 0. The van der Waals surface area contributed by atoms with Crippen LogP contribution in [0.25, 0.3) is 0 Å². The maximum Gasteiger partial charge on any atom is 0.245 e. The first-order valence-corrected chi connectivity index (χ1v) is 11.5. The summed E-state index contributed by atoms with van der Waals surface area (Å²) in [4.78, 5) is -0.173. The standard InChI is InChI=1S/C18H21FN2O4S2/c1-14-7-8-17(19)18(13-14)27(24,25)21-11-9-15(10-12-21)20-26(22,23)16-5-3-2-4-6-16/h2-8,13,15,20H,9-12H2,1H3. The Kier molecular flexibility index (Phi) is 5.66. The van der Waals surface area contributed by atoms with Crippen molar-refractivity contribution in [3.63, 3.8) is 0 Å². The van der Waals surface area contributed by atoms with Crippen LogP contribution in [-0.2, 0) is 20.0 Å². The van der Waals surface area contributed by atoms with Crippen molar-refractivity contribution in [2.24, 2.45) is 0 Å². The Morgan fingerprint density at radius 2 is 1.63 bits per heavy atom. The van der Waals surface area contributed by atoms with E-state index in [1.54, 1.807) is 25.1 Å². The zero-order chi connectivity index (χ0) is 19.7. The fourth-order valence-corrected chi connectivity index (χ4v) is 5.99. The van der Waals surface area contributed by atoms with Crippen molar-refractivity contribution < 1.29 is 21.2 Å². The van der Waals surface area contributed by atoms with Gasteiger partial charge >= 0.3 is 0 Å². The highest BCUT2D eigenvalue weighted by atomic mass is 32.2. The predicted molar refractivity (Wildman–Crippen MR) is 99.7 cm³/mol. The van der Waals surface area contributed by atoms with Crippen LogP contribution in [0.15, 0.2) is 58.3 Å². The van der Waals surface area contributed by atoms with Crippen LogP contribution in [-0.4, -0.2) is 40.3 Å². The molecule has 3 rings (SSSR count). The van der Waals surface area contributed by atoms with Crippen LogP contribution in [0.3, 0.4) is 0 Å². The molecule has 1 heterocycles. The number of aryl methyl sites for hydroxylation is 1. The van der Waals surface area contributed by atoms with E-state index in [0.717, 1.165) is 6.07 Å². The minimum absolute atomic E-state index is 0.123. The van der Waals surface area contributed by atoms with E-state index < -0.39 is 25.9 Å². The van der Waals surface area contributed by atoms with E-state index in [1.165, 1.54) is 28.6 Å². The first-order valence-electron chi connectivity index (χ1n) is 8.54. The van der Waals surface area contributed by atoms with Gasteiger partial charge in [0.1, 0.15) is 10.7 Å². The number of benzene rings is 2. The van der Waals surface area contributed by atoms with Crippen LogP contribution in [0.2, 0.25) is 0 Å². The van der Waals surface area contributed by atoms with Crippen molar-refractivity contribution in [2.75, 3.05) is 13.1 Å². The van der Waals surface area contributed by atoms with Gasteiger partial charge in [0.25, 0.3) is 0 Å². The SMILES string of the molecule is Cc1ccc(F)c(S(=O)(=O)N2CCC(NS(=O)(=O)c3ccccc3)CC2)c1. The number of hydrogen-bond acceptors (Lipinski definition) is 4. The lowest BCUT2D eigenvalue weighted by Gasteiger charge is -2.31. The van der Waals surface area contributed by atoms with E-state index in [2.05, 4.69) is 4.72 Å². The van der Waals surface area contributed by atoms with Crippen LogP contribution >= 0.6 is 0 Å². The van der Waals surface area contributed by atoms with Gasteiger partial charge < -0.3 is 0 Å². The van der Waals surface area contributed by atoms with Crippen molar-refractivity contribution in [2.45, 2.75) is 35.6 Å². The lowest BCUT2D eigenvalue weighted by molar-refractivity contribution is 0.307. The third-order valence-corrected chi connectivity index (χ3v) is 7.98. The highest BCUT2D eigenvalue weighted by Crippen LogP contribution is 2.24. The predicted octanol–water partition coefficient (Wildman–Crippen LogP) is 2.27. The molecular formula is C18H21FN2O4S2. The summed E-state index contributed by atoms with van der Waals surface area (Å²) >= 11 is 0. The van der Waals surface area contributed by atoms with E-state index in [0.29, 0.717) is 18.4 Å². The fraction of sp³-hybridized carbons (Fsp3) is 0.333. The zero-order valence-corrected chi connectivity index (χ0v) is 16.4. The summed E-state index contributed by atoms with van der Waals surface area (Å²) in [5.41, 5.74) is 0.653. The lowest BCUT2D eigenvalue weighted by atomic mass is 10.1. The van der Waals surface area contributed by atoms with Gasteiger partial charge in [0.2, 0.25) is 20.0 Å². The average molecular weight is 413 g/mol. The van der Waals surface area contributed by atoms with Gasteiger partial charge in [-0.25, -0.2) is 25.9 Å². The molecule has 9 heteroatoms. The normalized spacial score (nSPS) is 17.1. The number of hydrogen-bond donors (Lipinski definition) is 1. The molecule has 0 aliphatic carbocycles. The van der Waals surface area contributed by atoms with Gasteiger partial charge in [0.15, 0.2) is 0 Å². The molecule has 1 N–H and O–H groups in total. The average Bonchev–Trinajstić information content (AvgIpc) is 2.64. The summed E-state index contributed by atoms with van der Waals surface area (Å²) in [6.07, 6.45) is 0.636. The highest BCUT2D eigenvalue weighted by Gasteiger charge is 2.32. The second-order valence-electron chi connectivity index (χ2n) is 6.55. The summed E-state index contributed by atoms with van der Waals surface area (Å²) < 4.78 is 68.1. The fourth-order valence-electron chi connectivity index (χ4n) is 3.05. The van der Waals surface area contributed by atoms with Gasteiger partial charge in [-0.3, -0.25) is 0 Å². The Morgan fingerprint density at radius 1 is 1.00 bits per heavy atom. The highest BCUT2D eigenvalue weighted by molar-refractivity contribution is 7.89. The summed E-state index contributed by atoms with van der Waals surface area (Å²) in [6.45, 7) is 1.94. The van der Waals surface area contributed by atoms with Gasteiger partial charge in [-0.05, 0) is 49.6 Å². The number of halogens is 1. The van der Waals surface area contributed by atoms with E-state index in [-0.39, 0.29) is 28.9 Å². The summed E-state index contributed by atoms with van der Waals surface area (Å²) in [7, 11) is -7.61. The Balaban J connectivity index is 1.69. The van der Waals surface area contributed by atoms with E-state index in [1.807, 2.05) is 0 Å². The molecule has 0 aromatic heterocycles. The van der Waals surface area contributed by atoms with Crippen molar-refractivity contribution in [3.05, 3.63) is 59.9 Å². The van der Waals surface area contributed by atoms with Crippen LogP contribution in [0.5, 0.6) is 0 Å². The molecule has 0 atom stereocenters. The molecule has 1 saturated heterocycles. The molecule has 6 nitrogen and oxygen atoms in total. The largest absolute Gasteiger partial charge is 0.245 e. The van der Waals surface area contributed by atoms with Crippen LogP contribution < -0.4 is 4.72 Å². The maximum absolute atomic E-state index is 14.0. The molecule has 1 aliphatic heterocycles. The molecule has 0 amide bonds. The zero-order valence-electron chi connectivity index (χ0n) is 14.8. The van der Waals surface area contributed by atoms with Crippen molar-refractivity contribution in [1.82, 2.24) is 9.03 Å². The first kappa shape index (κ1) is 19.9. The second kappa shape index (κ2) is 7.67. The second-order valence-corrected chi connectivity index (χ2v) is 10.2. The van der Waals surface area contributed by atoms with E-state index in [9.17, 15) is 21.2 Å². The van der Waals surface area contributed by atoms with Crippen LogP contribution in [0.4, 0.5) is 4.39 Å². The van der Waals surface area contributed by atoms with E-state index in [4.69, 9.17) is 0 Å². The van der Waals surface area contributed by atoms with Gasteiger partial charge in [0, 0.05) is 19.1 Å². The molecule has 1 aliphatic rings. The quantitative estimate of drug-likeness (QED) is 0.817. The van der Waals surface area contributed by atoms with Crippen LogP contribution in [0, 0.1) is 12.7 Å². The Hall–Kier alpha value is -1.81. The molecule has 0 saturated carbocycles. The van der Waals surface area contributed by atoms with Crippen LogP contribution in [0.1, 0.15) is 18.4 Å². The Bertz CT molecular complexity index is 1020. The monoisotopic (exact) mass is 412 g/mol. The lowest BCUT2D eigenvalue weighted by Crippen LogP contribution is -2.46. The van der Waals surface area contributed by atoms with E-state index >= 15 is 0 Å². The molecule has 2 aromatic carbocycles. The van der Waals surface area contributed by atoms with Crippen molar-refractivity contribution >= 4 is 20.0 Å². The molecule has 0 radical (unpaired) electrons. The minimum atomic E-state index is -3.95. The van der Waals surface area contributed by atoms with Gasteiger partial charge in [-0.1, -0.05) is 24.3 Å². The van der Waals surface area contributed by atoms with Crippen molar-refractivity contribution in [3.8, 4) is 0 Å². The van der Waals surface area contributed by atoms with Gasteiger partial charge in [-0.2, -0.15) is 4.31 Å². The molecule has 0 spiro atoms. The smallest absolute Gasteiger partial charge is 0.208 e. The number of rotatable bonds is 5. The topological polar surface area (TPSA) is 83.6 Å². The molecule has 146 valence electrons. The maximum atomic E-state index is 14.0. The minimum Gasteiger partial charge on any atom is -0.208 e. The molecule has 1 fully saturated rings. The number of sulfonamides is 2. The Morgan fingerprint density at radius 3 is 2.26 bits per heavy atom. The van der Waals surface area contributed by atoms with Gasteiger partial charge in [0.05, 0.1) is 4.90 Å². The Labute approximate surface area is 159 Å².